The Balaban J connectivity index is 1.93. The lowest BCUT2D eigenvalue weighted by molar-refractivity contribution is -0.119. The van der Waals surface area contributed by atoms with Crippen LogP contribution in [0.1, 0.15) is 11.4 Å². The van der Waals surface area contributed by atoms with E-state index in [1.807, 2.05) is 19.9 Å². The molecule has 2 aromatic rings. The molecule has 0 unspecified atom stereocenters. The molecule has 0 bridgehead atoms. The fraction of sp³-hybridized carbons (Fsp3) is 0.375. The molecular formula is C16H19N3O4S. The Morgan fingerprint density at radius 2 is 2.04 bits per heavy atom. The van der Waals surface area contributed by atoms with E-state index in [4.69, 9.17) is 4.74 Å². The number of aromatic nitrogens is 2. The van der Waals surface area contributed by atoms with Crippen molar-refractivity contribution in [3.8, 4) is 5.75 Å². The van der Waals surface area contributed by atoms with E-state index in [1.54, 1.807) is 15.6 Å². The first kappa shape index (κ1) is 16.5. The SMILES string of the molecule is Cc1cc(C)n(CC(=O)N2CCOc3ccc(S(C)(=O)=O)cc32)n1. The van der Waals surface area contributed by atoms with E-state index in [0.29, 0.717) is 24.6 Å². The average Bonchev–Trinajstić information content (AvgIpc) is 2.82. The van der Waals surface area contributed by atoms with Crippen LogP contribution in [0.2, 0.25) is 0 Å². The molecule has 3 rings (SSSR count). The number of fused-ring (bicyclic) bond motifs is 1. The van der Waals surface area contributed by atoms with Gasteiger partial charge in [0.1, 0.15) is 18.9 Å². The molecular weight excluding hydrogens is 330 g/mol. The Morgan fingerprint density at radius 3 is 2.67 bits per heavy atom. The predicted octanol–water partition coefficient (Wildman–Crippen LogP) is 1.33. The van der Waals surface area contributed by atoms with E-state index < -0.39 is 9.84 Å². The largest absolute Gasteiger partial charge is 0.490 e. The normalized spacial score (nSPS) is 14.2. The van der Waals surface area contributed by atoms with Crippen molar-refractivity contribution in [2.45, 2.75) is 25.3 Å². The number of anilines is 1. The summed E-state index contributed by atoms with van der Waals surface area (Å²) in [5.41, 5.74) is 2.23. The first-order valence-corrected chi connectivity index (χ1v) is 9.43. The number of carbonyl (C=O) groups excluding carboxylic acids is 1. The summed E-state index contributed by atoms with van der Waals surface area (Å²) in [7, 11) is -3.36. The molecule has 0 radical (unpaired) electrons. The Hall–Kier alpha value is -2.35. The van der Waals surface area contributed by atoms with Crippen LogP contribution in [0.5, 0.6) is 5.75 Å². The maximum Gasteiger partial charge on any atom is 0.248 e. The molecule has 0 fully saturated rings. The van der Waals surface area contributed by atoms with Crippen LogP contribution in [-0.2, 0) is 21.2 Å². The topological polar surface area (TPSA) is 81.5 Å². The second-order valence-corrected chi connectivity index (χ2v) is 7.90. The predicted molar refractivity (Wildman–Crippen MR) is 89.1 cm³/mol. The van der Waals surface area contributed by atoms with Crippen LogP contribution in [-0.4, -0.2) is 43.5 Å². The highest BCUT2D eigenvalue weighted by molar-refractivity contribution is 7.90. The number of nitrogens with zero attached hydrogens (tertiary/aromatic N) is 3. The molecule has 1 amide bonds. The van der Waals surface area contributed by atoms with E-state index in [-0.39, 0.29) is 17.3 Å². The number of sulfone groups is 1. The maximum atomic E-state index is 12.7. The zero-order valence-corrected chi connectivity index (χ0v) is 14.6. The van der Waals surface area contributed by atoms with Crippen molar-refractivity contribution in [3.05, 3.63) is 35.7 Å². The number of hydrogen-bond acceptors (Lipinski definition) is 5. The zero-order valence-electron chi connectivity index (χ0n) is 13.8. The van der Waals surface area contributed by atoms with E-state index >= 15 is 0 Å². The standard InChI is InChI=1S/C16H19N3O4S/c1-11-8-12(2)19(17-11)10-16(20)18-6-7-23-15-5-4-13(9-14(15)18)24(3,21)22/h4-5,8-9H,6-7,10H2,1-3H3. The molecule has 2 heterocycles. The monoisotopic (exact) mass is 349 g/mol. The summed E-state index contributed by atoms with van der Waals surface area (Å²) in [6, 6.07) is 6.48. The molecule has 8 heteroatoms. The first-order chi connectivity index (χ1) is 11.3. The van der Waals surface area contributed by atoms with Crippen LogP contribution in [0, 0.1) is 13.8 Å². The Labute approximate surface area is 140 Å². The van der Waals surface area contributed by atoms with Crippen LogP contribution in [0.3, 0.4) is 0 Å². The second kappa shape index (κ2) is 5.94. The van der Waals surface area contributed by atoms with Crippen molar-refractivity contribution in [3.63, 3.8) is 0 Å². The molecule has 128 valence electrons. The summed E-state index contributed by atoms with van der Waals surface area (Å²) in [5.74, 6) is 0.353. The highest BCUT2D eigenvalue weighted by Gasteiger charge is 2.26. The fourth-order valence-corrected chi connectivity index (χ4v) is 3.38. The molecule has 1 aliphatic rings. The van der Waals surface area contributed by atoms with Crippen molar-refractivity contribution in [2.24, 2.45) is 0 Å². The van der Waals surface area contributed by atoms with Gasteiger partial charge in [0.15, 0.2) is 9.84 Å². The van der Waals surface area contributed by atoms with Gasteiger partial charge in [-0.25, -0.2) is 8.42 Å². The number of amides is 1. The number of benzene rings is 1. The van der Waals surface area contributed by atoms with Crippen molar-refractivity contribution >= 4 is 21.4 Å². The van der Waals surface area contributed by atoms with Crippen LogP contribution < -0.4 is 9.64 Å². The van der Waals surface area contributed by atoms with Crippen molar-refractivity contribution in [1.29, 1.82) is 0 Å². The van der Waals surface area contributed by atoms with Gasteiger partial charge in [-0.1, -0.05) is 0 Å². The Morgan fingerprint density at radius 1 is 1.29 bits per heavy atom. The number of aryl methyl sites for hydroxylation is 2. The molecule has 0 saturated carbocycles. The molecule has 1 aromatic carbocycles. The van der Waals surface area contributed by atoms with E-state index in [1.165, 1.54) is 12.1 Å². The third kappa shape index (κ3) is 3.14. The third-order valence-electron chi connectivity index (χ3n) is 3.91. The number of rotatable bonds is 3. The van der Waals surface area contributed by atoms with Crippen molar-refractivity contribution < 1.29 is 17.9 Å². The first-order valence-electron chi connectivity index (χ1n) is 7.54. The van der Waals surface area contributed by atoms with Crippen LogP contribution >= 0.6 is 0 Å². The average molecular weight is 349 g/mol. The molecule has 0 aliphatic carbocycles. The van der Waals surface area contributed by atoms with Gasteiger partial charge in [-0.3, -0.25) is 9.48 Å². The fourth-order valence-electron chi connectivity index (χ4n) is 2.74. The zero-order chi connectivity index (χ0) is 17.5. The van der Waals surface area contributed by atoms with Gasteiger partial charge >= 0.3 is 0 Å². The molecule has 7 nitrogen and oxygen atoms in total. The van der Waals surface area contributed by atoms with Gasteiger partial charge in [0.05, 0.1) is 22.8 Å². The summed E-state index contributed by atoms with van der Waals surface area (Å²) >= 11 is 0. The Bertz CT molecular complexity index is 902. The summed E-state index contributed by atoms with van der Waals surface area (Å²) in [6.45, 7) is 4.60. The second-order valence-electron chi connectivity index (χ2n) is 5.88. The van der Waals surface area contributed by atoms with E-state index in [2.05, 4.69) is 5.10 Å². The van der Waals surface area contributed by atoms with Gasteiger partial charge in [-0.05, 0) is 38.1 Å². The number of hydrogen-bond donors (Lipinski definition) is 0. The molecule has 1 aromatic heterocycles. The van der Waals surface area contributed by atoms with E-state index in [0.717, 1.165) is 17.6 Å². The smallest absolute Gasteiger partial charge is 0.248 e. The minimum Gasteiger partial charge on any atom is -0.490 e. The molecule has 0 saturated heterocycles. The summed E-state index contributed by atoms with van der Waals surface area (Å²) in [4.78, 5) is 14.4. The minimum atomic E-state index is -3.36. The Kier molecular flexibility index (Phi) is 4.08. The molecule has 24 heavy (non-hydrogen) atoms. The summed E-state index contributed by atoms with van der Waals surface area (Å²) in [5, 5.41) is 4.30. The van der Waals surface area contributed by atoms with Gasteiger partial charge in [0, 0.05) is 11.9 Å². The van der Waals surface area contributed by atoms with Gasteiger partial charge < -0.3 is 9.64 Å². The lowest BCUT2D eigenvalue weighted by Gasteiger charge is -2.30. The number of carbonyl (C=O) groups is 1. The third-order valence-corrected chi connectivity index (χ3v) is 5.02. The quantitative estimate of drug-likeness (QED) is 0.835. The molecule has 0 N–H and O–H groups in total. The van der Waals surface area contributed by atoms with Gasteiger partial charge in [0.25, 0.3) is 0 Å². The van der Waals surface area contributed by atoms with Gasteiger partial charge in [-0.2, -0.15) is 5.10 Å². The molecule has 0 spiro atoms. The van der Waals surface area contributed by atoms with Gasteiger partial charge in [0.2, 0.25) is 5.91 Å². The summed E-state index contributed by atoms with van der Waals surface area (Å²) < 4.78 is 30.7. The highest BCUT2D eigenvalue weighted by atomic mass is 32.2. The maximum absolute atomic E-state index is 12.7. The van der Waals surface area contributed by atoms with Crippen molar-refractivity contribution in [2.75, 3.05) is 24.3 Å². The highest BCUT2D eigenvalue weighted by Crippen LogP contribution is 2.34. The van der Waals surface area contributed by atoms with Crippen LogP contribution in [0.15, 0.2) is 29.2 Å². The molecule has 0 atom stereocenters. The molecule has 1 aliphatic heterocycles. The summed E-state index contributed by atoms with van der Waals surface area (Å²) in [6.07, 6.45) is 1.14. The number of ether oxygens (including phenoxy) is 1. The van der Waals surface area contributed by atoms with Gasteiger partial charge in [-0.15, -0.1) is 0 Å². The van der Waals surface area contributed by atoms with Crippen LogP contribution in [0.25, 0.3) is 0 Å². The minimum absolute atomic E-state index is 0.0994. The van der Waals surface area contributed by atoms with Crippen molar-refractivity contribution in [1.82, 2.24) is 9.78 Å². The lowest BCUT2D eigenvalue weighted by atomic mass is 10.2. The van der Waals surface area contributed by atoms with E-state index in [9.17, 15) is 13.2 Å². The lowest BCUT2D eigenvalue weighted by Crippen LogP contribution is -2.40. The van der Waals surface area contributed by atoms with Crippen LogP contribution in [0.4, 0.5) is 5.69 Å².